The van der Waals surface area contributed by atoms with E-state index in [1.54, 1.807) is 18.5 Å². The SMILES string of the molecule is C=NC(=N)c1ccnc2[nH]ccc12. The largest absolute Gasteiger partial charge is 0.346 e. The van der Waals surface area contributed by atoms with Gasteiger partial charge >= 0.3 is 0 Å². The van der Waals surface area contributed by atoms with Gasteiger partial charge in [-0.1, -0.05) is 0 Å². The number of rotatable bonds is 1. The molecule has 64 valence electrons. The summed E-state index contributed by atoms with van der Waals surface area (Å²) in [5, 5.41) is 8.43. The van der Waals surface area contributed by atoms with Crippen LogP contribution in [-0.2, 0) is 0 Å². The summed E-state index contributed by atoms with van der Waals surface area (Å²) in [4.78, 5) is 10.7. The number of pyridine rings is 1. The molecule has 2 aromatic heterocycles. The van der Waals surface area contributed by atoms with E-state index in [1.807, 2.05) is 6.07 Å². The first-order valence-corrected chi connectivity index (χ1v) is 3.80. The van der Waals surface area contributed by atoms with Crippen LogP contribution < -0.4 is 0 Å². The van der Waals surface area contributed by atoms with Crippen LogP contribution in [0.25, 0.3) is 11.0 Å². The maximum absolute atomic E-state index is 7.53. The number of H-pyrrole nitrogens is 1. The first kappa shape index (κ1) is 7.67. The summed E-state index contributed by atoms with van der Waals surface area (Å²) in [6.07, 6.45) is 3.44. The van der Waals surface area contributed by atoms with E-state index in [9.17, 15) is 0 Å². The molecular formula is C9H8N4. The number of fused-ring (bicyclic) bond motifs is 1. The zero-order chi connectivity index (χ0) is 9.26. The third-order valence-electron chi connectivity index (χ3n) is 1.87. The second-order valence-corrected chi connectivity index (χ2v) is 2.61. The van der Waals surface area contributed by atoms with E-state index in [4.69, 9.17) is 5.41 Å². The van der Waals surface area contributed by atoms with Gasteiger partial charge in [-0.3, -0.25) is 5.41 Å². The first-order valence-electron chi connectivity index (χ1n) is 3.80. The van der Waals surface area contributed by atoms with Crippen molar-refractivity contribution in [3.63, 3.8) is 0 Å². The van der Waals surface area contributed by atoms with Crippen LogP contribution in [0.4, 0.5) is 0 Å². The fourth-order valence-electron chi connectivity index (χ4n) is 1.25. The quantitative estimate of drug-likeness (QED) is 0.498. The highest BCUT2D eigenvalue weighted by molar-refractivity contribution is 6.08. The Kier molecular flexibility index (Phi) is 1.66. The predicted octanol–water partition coefficient (Wildman–Crippen LogP) is 1.59. The zero-order valence-electron chi connectivity index (χ0n) is 6.91. The van der Waals surface area contributed by atoms with Crippen molar-refractivity contribution in [3.05, 3.63) is 30.1 Å². The van der Waals surface area contributed by atoms with Crippen LogP contribution in [0.5, 0.6) is 0 Å². The summed E-state index contributed by atoms with van der Waals surface area (Å²) in [6.45, 7) is 3.32. The molecule has 2 rings (SSSR count). The number of aliphatic imine (C=N–C) groups is 1. The lowest BCUT2D eigenvalue weighted by molar-refractivity contribution is 1.32. The van der Waals surface area contributed by atoms with Gasteiger partial charge in [0, 0.05) is 23.3 Å². The molecule has 0 fully saturated rings. The van der Waals surface area contributed by atoms with Crippen LogP contribution in [0.2, 0.25) is 0 Å². The molecule has 4 nitrogen and oxygen atoms in total. The smallest absolute Gasteiger partial charge is 0.151 e. The van der Waals surface area contributed by atoms with Gasteiger partial charge in [-0.05, 0) is 18.9 Å². The van der Waals surface area contributed by atoms with E-state index in [0.717, 1.165) is 16.6 Å². The molecule has 0 aromatic carbocycles. The topological polar surface area (TPSA) is 64.9 Å². The van der Waals surface area contributed by atoms with Gasteiger partial charge in [-0.15, -0.1) is 0 Å². The molecule has 0 amide bonds. The summed E-state index contributed by atoms with van der Waals surface area (Å²) >= 11 is 0. The molecule has 13 heavy (non-hydrogen) atoms. The molecule has 0 aliphatic heterocycles. The molecule has 0 radical (unpaired) electrons. The van der Waals surface area contributed by atoms with E-state index in [0.29, 0.717) is 0 Å². The molecule has 2 N–H and O–H groups in total. The Morgan fingerprint density at radius 1 is 1.54 bits per heavy atom. The van der Waals surface area contributed by atoms with Gasteiger partial charge in [0.25, 0.3) is 0 Å². The Balaban J connectivity index is 2.74. The number of nitrogens with zero attached hydrogens (tertiary/aromatic N) is 2. The van der Waals surface area contributed by atoms with Gasteiger partial charge in [-0.25, -0.2) is 9.98 Å². The van der Waals surface area contributed by atoms with E-state index in [2.05, 4.69) is 21.7 Å². The summed E-state index contributed by atoms with van der Waals surface area (Å²) in [5.74, 6) is 0.173. The van der Waals surface area contributed by atoms with Gasteiger partial charge < -0.3 is 4.98 Å². The summed E-state index contributed by atoms with van der Waals surface area (Å²) in [5.41, 5.74) is 1.52. The maximum atomic E-state index is 7.53. The van der Waals surface area contributed by atoms with Crippen molar-refractivity contribution in [2.24, 2.45) is 4.99 Å². The summed E-state index contributed by atoms with van der Waals surface area (Å²) in [7, 11) is 0. The molecule has 0 bridgehead atoms. The average Bonchev–Trinajstić information content (AvgIpc) is 2.63. The van der Waals surface area contributed by atoms with Gasteiger partial charge in [0.1, 0.15) is 5.65 Å². The van der Waals surface area contributed by atoms with Crippen molar-refractivity contribution in [1.29, 1.82) is 5.41 Å². The molecular weight excluding hydrogens is 164 g/mol. The Bertz CT molecular complexity index is 469. The second kappa shape index (κ2) is 2.82. The second-order valence-electron chi connectivity index (χ2n) is 2.61. The van der Waals surface area contributed by atoms with Crippen molar-refractivity contribution in [2.75, 3.05) is 0 Å². The lowest BCUT2D eigenvalue weighted by Gasteiger charge is -1.98. The molecule has 0 spiro atoms. The molecule has 0 saturated heterocycles. The Morgan fingerprint density at radius 3 is 3.15 bits per heavy atom. The minimum atomic E-state index is 0.173. The normalized spacial score (nSPS) is 10.2. The standard InChI is InChI=1S/C9H8N4/c1-11-8(10)6-2-4-12-9-7(6)3-5-13-9/h2-5,10H,1H2,(H,12,13). The molecule has 2 heterocycles. The van der Waals surface area contributed by atoms with Crippen molar-refractivity contribution in [1.82, 2.24) is 9.97 Å². The van der Waals surface area contributed by atoms with Gasteiger partial charge in [0.2, 0.25) is 0 Å². The monoisotopic (exact) mass is 172 g/mol. The van der Waals surface area contributed by atoms with Crippen LogP contribution in [0.15, 0.2) is 29.5 Å². The maximum Gasteiger partial charge on any atom is 0.151 e. The molecule has 0 aliphatic carbocycles. The van der Waals surface area contributed by atoms with Crippen LogP contribution >= 0.6 is 0 Å². The van der Waals surface area contributed by atoms with Crippen molar-refractivity contribution in [3.8, 4) is 0 Å². The van der Waals surface area contributed by atoms with E-state index < -0.39 is 0 Å². The molecule has 0 aliphatic rings. The van der Waals surface area contributed by atoms with E-state index in [-0.39, 0.29) is 5.84 Å². The van der Waals surface area contributed by atoms with Gasteiger partial charge in [-0.2, -0.15) is 0 Å². The Hall–Kier alpha value is -1.97. The third-order valence-corrected chi connectivity index (χ3v) is 1.87. The van der Waals surface area contributed by atoms with Gasteiger partial charge in [0.05, 0.1) is 0 Å². The van der Waals surface area contributed by atoms with Crippen molar-refractivity contribution >= 4 is 23.6 Å². The fraction of sp³-hybridized carbons (Fsp3) is 0. The Morgan fingerprint density at radius 2 is 2.38 bits per heavy atom. The lowest BCUT2D eigenvalue weighted by Crippen LogP contribution is -1.95. The molecule has 2 aromatic rings. The number of aromatic nitrogens is 2. The van der Waals surface area contributed by atoms with Crippen LogP contribution in [0.3, 0.4) is 0 Å². The first-order chi connectivity index (χ1) is 6.33. The highest BCUT2D eigenvalue weighted by Crippen LogP contribution is 2.15. The summed E-state index contributed by atoms with van der Waals surface area (Å²) in [6, 6.07) is 3.63. The number of amidine groups is 1. The van der Waals surface area contributed by atoms with Crippen molar-refractivity contribution in [2.45, 2.75) is 0 Å². The predicted molar refractivity (Wildman–Crippen MR) is 52.5 cm³/mol. The highest BCUT2D eigenvalue weighted by Gasteiger charge is 2.05. The molecule has 0 unspecified atom stereocenters. The molecule has 0 saturated carbocycles. The number of hydrogen-bond donors (Lipinski definition) is 2. The van der Waals surface area contributed by atoms with Crippen molar-refractivity contribution < 1.29 is 0 Å². The number of aromatic amines is 1. The minimum Gasteiger partial charge on any atom is -0.346 e. The number of nitrogens with one attached hydrogen (secondary N) is 2. The summed E-state index contributed by atoms with van der Waals surface area (Å²) < 4.78 is 0. The minimum absolute atomic E-state index is 0.173. The van der Waals surface area contributed by atoms with Crippen LogP contribution in [0, 0.1) is 5.41 Å². The third kappa shape index (κ3) is 1.12. The van der Waals surface area contributed by atoms with Crippen LogP contribution in [0.1, 0.15) is 5.56 Å². The number of hydrogen-bond acceptors (Lipinski definition) is 2. The highest BCUT2D eigenvalue weighted by atomic mass is 14.8. The molecule has 4 heteroatoms. The van der Waals surface area contributed by atoms with Gasteiger partial charge in [0.15, 0.2) is 5.84 Å². The van der Waals surface area contributed by atoms with E-state index in [1.165, 1.54) is 0 Å². The lowest BCUT2D eigenvalue weighted by atomic mass is 10.2. The fourth-order valence-corrected chi connectivity index (χ4v) is 1.25. The Labute approximate surface area is 74.9 Å². The molecule has 0 atom stereocenters. The zero-order valence-corrected chi connectivity index (χ0v) is 6.91. The van der Waals surface area contributed by atoms with E-state index >= 15 is 0 Å². The average molecular weight is 172 g/mol. The van der Waals surface area contributed by atoms with Crippen LogP contribution in [-0.4, -0.2) is 22.5 Å².